The topological polar surface area (TPSA) is 78.4 Å². The number of hydrogen-bond acceptors (Lipinski definition) is 2. The quantitative estimate of drug-likeness (QED) is 0.717. The van der Waals surface area contributed by atoms with Crippen LogP contribution in [0.25, 0.3) is 0 Å². The van der Waals surface area contributed by atoms with Gasteiger partial charge in [-0.1, -0.05) is 20.3 Å². The molecule has 2 aliphatic rings. The maximum Gasteiger partial charge on any atom is 0.315 e. The fourth-order valence-electron chi connectivity index (χ4n) is 2.73. The van der Waals surface area contributed by atoms with Crippen LogP contribution in [0.4, 0.5) is 4.79 Å². The molecule has 3 N–H and O–H groups in total. The second kappa shape index (κ2) is 4.14. The molecule has 3 unspecified atom stereocenters. The summed E-state index contributed by atoms with van der Waals surface area (Å²) in [6.45, 7) is 5.93. The summed E-state index contributed by atoms with van der Waals surface area (Å²) in [5.41, 5.74) is -0.639. The van der Waals surface area contributed by atoms with Crippen molar-refractivity contribution in [2.45, 2.75) is 58.5 Å². The molecule has 0 aromatic rings. The highest BCUT2D eigenvalue weighted by Crippen LogP contribution is 2.44. The SMILES string of the molecule is CC1(C)CC1NC(=O)NC1CCCC1(C)C(=O)O. The molecule has 0 saturated heterocycles. The van der Waals surface area contributed by atoms with Crippen LogP contribution in [0.1, 0.15) is 46.5 Å². The van der Waals surface area contributed by atoms with Crippen LogP contribution in [-0.4, -0.2) is 29.2 Å². The van der Waals surface area contributed by atoms with Gasteiger partial charge < -0.3 is 15.7 Å². The first-order chi connectivity index (χ1) is 8.25. The Labute approximate surface area is 107 Å². The first-order valence-electron chi connectivity index (χ1n) is 6.56. The van der Waals surface area contributed by atoms with Crippen molar-refractivity contribution in [3.63, 3.8) is 0 Å². The molecule has 2 aliphatic carbocycles. The molecule has 5 heteroatoms. The van der Waals surface area contributed by atoms with Crippen LogP contribution in [-0.2, 0) is 4.79 Å². The number of aliphatic carboxylic acids is 1. The number of carbonyl (C=O) groups excluding carboxylic acids is 1. The van der Waals surface area contributed by atoms with Crippen molar-refractivity contribution in [1.29, 1.82) is 0 Å². The minimum Gasteiger partial charge on any atom is -0.481 e. The van der Waals surface area contributed by atoms with Crippen molar-refractivity contribution in [2.24, 2.45) is 10.8 Å². The van der Waals surface area contributed by atoms with E-state index >= 15 is 0 Å². The average Bonchev–Trinajstić information content (AvgIpc) is 2.67. The van der Waals surface area contributed by atoms with E-state index in [0.29, 0.717) is 6.42 Å². The lowest BCUT2D eigenvalue weighted by Gasteiger charge is -2.27. The maximum absolute atomic E-state index is 11.8. The zero-order chi connectivity index (χ0) is 13.6. The number of carbonyl (C=O) groups is 2. The van der Waals surface area contributed by atoms with Crippen molar-refractivity contribution in [3.05, 3.63) is 0 Å². The molecule has 0 bridgehead atoms. The Hall–Kier alpha value is -1.26. The number of carboxylic acid groups (broad SMARTS) is 1. The zero-order valence-corrected chi connectivity index (χ0v) is 11.2. The Morgan fingerprint density at radius 1 is 1.17 bits per heavy atom. The van der Waals surface area contributed by atoms with Crippen molar-refractivity contribution in [3.8, 4) is 0 Å². The van der Waals surface area contributed by atoms with Gasteiger partial charge in [0.25, 0.3) is 0 Å². The molecule has 2 rings (SSSR count). The summed E-state index contributed by atoms with van der Waals surface area (Å²) in [5.74, 6) is -0.822. The van der Waals surface area contributed by atoms with Gasteiger partial charge in [-0.05, 0) is 31.6 Å². The van der Waals surface area contributed by atoms with E-state index in [9.17, 15) is 14.7 Å². The van der Waals surface area contributed by atoms with Gasteiger partial charge in [-0.25, -0.2) is 4.79 Å². The smallest absolute Gasteiger partial charge is 0.315 e. The van der Waals surface area contributed by atoms with E-state index in [2.05, 4.69) is 24.5 Å². The van der Waals surface area contributed by atoms with Crippen molar-refractivity contribution in [2.75, 3.05) is 0 Å². The fourth-order valence-corrected chi connectivity index (χ4v) is 2.73. The van der Waals surface area contributed by atoms with E-state index in [0.717, 1.165) is 19.3 Å². The van der Waals surface area contributed by atoms with Gasteiger partial charge in [-0.15, -0.1) is 0 Å². The first-order valence-corrected chi connectivity index (χ1v) is 6.56. The van der Waals surface area contributed by atoms with Crippen LogP contribution in [0.15, 0.2) is 0 Å². The molecule has 0 heterocycles. The summed E-state index contributed by atoms with van der Waals surface area (Å²) >= 11 is 0. The molecule has 2 fully saturated rings. The Morgan fingerprint density at radius 2 is 1.72 bits per heavy atom. The summed E-state index contributed by atoms with van der Waals surface area (Å²) in [6, 6.07) is -0.281. The number of rotatable bonds is 3. The van der Waals surface area contributed by atoms with E-state index in [1.54, 1.807) is 6.92 Å². The van der Waals surface area contributed by atoms with Gasteiger partial charge in [0.1, 0.15) is 0 Å². The summed E-state index contributed by atoms with van der Waals surface area (Å²) in [7, 11) is 0. The highest BCUT2D eigenvalue weighted by atomic mass is 16.4. The lowest BCUT2D eigenvalue weighted by atomic mass is 9.85. The van der Waals surface area contributed by atoms with Crippen molar-refractivity contribution >= 4 is 12.0 Å². The monoisotopic (exact) mass is 254 g/mol. The molecule has 0 aliphatic heterocycles. The number of amides is 2. The molecule has 0 aromatic carbocycles. The Balaban J connectivity index is 1.89. The van der Waals surface area contributed by atoms with E-state index < -0.39 is 11.4 Å². The Morgan fingerprint density at radius 3 is 2.22 bits per heavy atom. The van der Waals surface area contributed by atoms with Gasteiger partial charge in [0.05, 0.1) is 5.41 Å². The summed E-state index contributed by atoms with van der Waals surface area (Å²) in [6.07, 6.45) is 3.20. The lowest BCUT2D eigenvalue weighted by Crippen LogP contribution is -2.51. The van der Waals surface area contributed by atoms with E-state index in [1.807, 2.05) is 0 Å². The van der Waals surface area contributed by atoms with Gasteiger partial charge in [0, 0.05) is 12.1 Å². The van der Waals surface area contributed by atoms with Gasteiger partial charge in [-0.3, -0.25) is 4.79 Å². The third-order valence-corrected chi connectivity index (χ3v) is 4.57. The minimum atomic E-state index is -0.823. The average molecular weight is 254 g/mol. The molecule has 0 aromatic heterocycles. The highest BCUT2D eigenvalue weighted by Gasteiger charge is 2.48. The van der Waals surface area contributed by atoms with Crippen molar-refractivity contribution < 1.29 is 14.7 Å². The standard InChI is InChI=1S/C13H22N2O3/c1-12(2)7-9(12)15-11(18)14-8-5-4-6-13(8,3)10(16)17/h8-9H,4-7H2,1-3H3,(H,16,17)(H2,14,15,18). The molecule has 102 valence electrons. The number of nitrogens with one attached hydrogen (secondary N) is 2. The predicted molar refractivity (Wildman–Crippen MR) is 67.2 cm³/mol. The molecule has 2 saturated carbocycles. The molecule has 3 atom stereocenters. The molecular formula is C13H22N2O3. The second-order valence-electron chi connectivity index (χ2n) is 6.53. The van der Waals surface area contributed by atoms with Crippen LogP contribution in [0, 0.1) is 10.8 Å². The summed E-state index contributed by atoms with van der Waals surface area (Å²) < 4.78 is 0. The van der Waals surface area contributed by atoms with Crippen molar-refractivity contribution in [1.82, 2.24) is 10.6 Å². The highest BCUT2D eigenvalue weighted by molar-refractivity contribution is 5.79. The Bertz CT molecular complexity index is 380. The fraction of sp³-hybridized carbons (Fsp3) is 0.846. The summed E-state index contributed by atoms with van der Waals surface area (Å²) in [5, 5.41) is 15.0. The van der Waals surface area contributed by atoms with Gasteiger partial charge in [0.2, 0.25) is 0 Å². The van der Waals surface area contributed by atoms with Gasteiger partial charge >= 0.3 is 12.0 Å². The number of carboxylic acids is 1. The van der Waals surface area contributed by atoms with Gasteiger partial charge in [-0.2, -0.15) is 0 Å². The minimum absolute atomic E-state index is 0.184. The Kier molecular flexibility index (Phi) is 3.03. The van der Waals surface area contributed by atoms with Gasteiger partial charge in [0.15, 0.2) is 0 Å². The van der Waals surface area contributed by atoms with Crippen LogP contribution in [0.3, 0.4) is 0 Å². The molecule has 5 nitrogen and oxygen atoms in total. The van der Waals surface area contributed by atoms with E-state index in [-0.39, 0.29) is 23.5 Å². The third-order valence-electron chi connectivity index (χ3n) is 4.57. The number of hydrogen-bond donors (Lipinski definition) is 3. The third kappa shape index (κ3) is 2.31. The first kappa shape index (κ1) is 13.2. The molecular weight excluding hydrogens is 232 g/mol. The molecule has 0 radical (unpaired) electrons. The van der Waals surface area contributed by atoms with Crippen LogP contribution in [0.2, 0.25) is 0 Å². The zero-order valence-electron chi connectivity index (χ0n) is 11.2. The number of urea groups is 1. The molecule has 2 amide bonds. The lowest BCUT2D eigenvalue weighted by molar-refractivity contribution is -0.148. The van der Waals surface area contributed by atoms with E-state index in [1.165, 1.54) is 0 Å². The normalized spacial score (nSPS) is 37.1. The maximum atomic E-state index is 11.8. The molecule has 18 heavy (non-hydrogen) atoms. The van der Waals surface area contributed by atoms with Crippen LogP contribution in [0.5, 0.6) is 0 Å². The van der Waals surface area contributed by atoms with E-state index in [4.69, 9.17) is 0 Å². The van der Waals surface area contributed by atoms with Crippen LogP contribution < -0.4 is 10.6 Å². The second-order valence-corrected chi connectivity index (χ2v) is 6.53. The van der Waals surface area contributed by atoms with Crippen LogP contribution >= 0.6 is 0 Å². The largest absolute Gasteiger partial charge is 0.481 e. The predicted octanol–water partition coefficient (Wildman–Crippen LogP) is 1.73. The molecule has 0 spiro atoms. The summed E-state index contributed by atoms with van der Waals surface area (Å²) in [4.78, 5) is 23.1.